The second-order valence-corrected chi connectivity index (χ2v) is 6.42. The van der Waals surface area contributed by atoms with E-state index in [0.29, 0.717) is 6.42 Å². The Morgan fingerprint density at radius 1 is 1.39 bits per heavy atom. The molecule has 0 aromatic rings. The molecule has 0 aliphatic carbocycles. The van der Waals surface area contributed by atoms with Gasteiger partial charge in [-0.2, -0.15) is 0 Å². The Hall–Kier alpha value is -1.15. The summed E-state index contributed by atoms with van der Waals surface area (Å²) in [6.07, 6.45) is 1.37. The third-order valence-electron chi connectivity index (χ3n) is 2.54. The number of sulfone groups is 1. The highest BCUT2D eigenvalue weighted by Crippen LogP contribution is 2.03. The van der Waals surface area contributed by atoms with E-state index in [1.54, 1.807) is 6.92 Å². The number of nitrogens with one attached hydrogen (secondary N) is 1. The fraction of sp³-hybridized carbons (Fsp3) is 0.800. The molecule has 0 aromatic carbocycles. The third-order valence-corrected chi connectivity index (χ3v) is 3.52. The van der Waals surface area contributed by atoms with Gasteiger partial charge in [0, 0.05) is 18.7 Å². The summed E-state index contributed by atoms with van der Waals surface area (Å²) in [5, 5.41) is 11.2. The van der Waals surface area contributed by atoms with Crippen molar-refractivity contribution in [2.45, 2.75) is 25.8 Å². The van der Waals surface area contributed by atoms with Gasteiger partial charge in [0.25, 0.3) is 0 Å². The van der Waals surface area contributed by atoms with Gasteiger partial charge in [-0.3, -0.25) is 4.79 Å². The van der Waals surface area contributed by atoms with Crippen LogP contribution in [0.3, 0.4) is 0 Å². The highest BCUT2D eigenvalue weighted by atomic mass is 32.2. The lowest BCUT2D eigenvalue weighted by Gasteiger charge is -2.18. The first-order valence-electron chi connectivity index (χ1n) is 5.62. The maximum absolute atomic E-state index is 11.6. The molecule has 7 nitrogen and oxygen atoms in total. The summed E-state index contributed by atoms with van der Waals surface area (Å²) in [5.74, 6) is -2.45. The van der Waals surface area contributed by atoms with E-state index in [1.165, 1.54) is 0 Å². The predicted octanol–water partition coefficient (Wildman–Crippen LogP) is -1.02. The van der Waals surface area contributed by atoms with Gasteiger partial charge in [-0.1, -0.05) is 6.92 Å². The maximum Gasteiger partial charge on any atom is 0.326 e. The molecular formula is C10H20N2O5S. The summed E-state index contributed by atoms with van der Waals surface area (Å²) in [7, 11) is -3.26. The summed E-state index contributed by atoms with van der Waals surface area (Å²) in [6.45, 7) is 1.89. The van der Waals surface area contributed by atoms with Crippen LogP contribution < -0.4 is 11.1 Å². The van der Waals surface area contributed by atoms with Crippen molar-refractivity contribution in [3.05, 3.63) is 0 Å². The van der Waals surface area contributed by atoms with Crippen LogP contribution in [0.5, 0.6) is 0 Å². The predicted molar refractivity (Wildman–Crippen MR) is 66.7 cm³/mol. The van der Waals surface area contributed by atoms with Crippen LogP contribution in [0.2, 0.25) is 0 Å². The molecule has 2 atom stereocenters. The molecule has 0 spiro atoms. The van der Waals surface area contributed by atoms with Crippen molar-refractivity contribution in [1.29, 1.82) is 0 Å². The highest BCUT2D eigenvalue weighted by molar-refractivity contribution is 7.90. The second-order valence-electron chi connectivity index (χ2n) is 4.16. The summed E-state index contributed by atoms with van der Waals surface area (Å²) in [6, 6.07) is -1.20. The number of rotatable bonds is 8. The molecule has 0 fully saturated rings. The van der Waals surface area contributed by atoms with Crippen molar-refractivity contribution in [2.24, 2.45) is 11.7 Å². The van der Waals surface area contributed by atoms with Crippen LogP contribution in [0.4, 0.5) is 0 Å². The summed E-state index contributed by atoms with van der Waals surface area (Å²) in [4.78, 5) is 22.6. The van der Waals surface area contributed by atoms with Crippen LogP contribution in [0.15, 0.2) is 0 Å². The fourth-order valence-electron chi connectivity index (χ4n) is 1.34. The van der Waals surface area contributed by atoms with Crippen molar-refractivity contribution in [3.63, 3.8) is 0 Å². The Bertz CT molecular complexity index is 389. The third kappa shape index (κ3) is 6.55. The van der Waals surface area contributed by atoms with Gasteiger partial charge in [0.05, 0.1) is 5.75 Å². The van der Waals surface area contributed by atoms with Gasteiger partial charge in [-0.15, -0.1) is 0 Å². The first-order chi connectivity index (χ1) is 8.21. The lowest BCUT2D eigenvalue weighted by atomic mass is 10.1. The molecule has 4 N–H and O–H groups in total. The Labute approximate surface area is 107 Å². The minimum Gasteiger partial charge on any atom is -0.480 e. The second kappa shape index (κ2) is 7.32. The average molecular weight is 280 g/mol. The molecule has 0 saturated carbocycles. The molecule has 0 heterocycles. The molecular weight excluding hydrogens is 260 g/mol. The number of carboxylic acid groups (broad SMARTS) is 1. The molecule has 8 heteroatoms. The van der Waals surface area contributed by atoms with Crippen molar-refractivity contribution in [3.8, 4) is 0 Å². The summed E-state index contributed by atoms with van der Waals surface area (Å²) < 4.78 is 21.9. The SMILES string of the molecule is CCC(CN)C(=O)NC(CCS(C)(=O)=O)C(=O)O. The molecule has 0 radical (unpaired) electrons. The van der Waals surface area contributed by atoms with E-state index in [4.69, 9.17) is 10.8 Å². The van der Waals surface area contributed by atoms with E-state index >= 15 is 0 Å². The van der Waals surface area contributed by atoms with Gasteiger partial charge in [0.1, 0.15) is 15.9 Å². The molecule has 0 aliphatic rings. The standard InChI is InChI=1S/C10H20N2O5S/c1-3-7(6-11)9(13)12-8(10(14)15)4-5-18(2,16)17/h7-8H,3-6,11H2,1-2H3,(H,12,13)(H,14,15). The van der Waals surface area contributed by atoms with E-state index in [9.17, 15) is 18.0 Å². The number of nitrogens with two attached hydrogens (primary N) is 1. The van der Waals surface area contributed by atoms with Crippen molar-refractivity contribution in [2.75, 3.05) is 18.6 Å². The van der Waals surface area contributed by atoms with Crippen molar-refractivity contribution >= 4 is 21.7 Å². The molecule has 1 amide bonds. The summed E-state index contributed by atoms with van der Waals surface area (Å²) >= 11 is 0. The van der Waals surface area contributed by atoms with Gasteiger partial charge in [-0.05, 0) is 12.8 Å². The maximum atomic E-state index is 11.6. The number of aliphatic carboxylic acids is 1. The molecule has 0 bridgehead atoms. The smallest absolute Gasteiger partial charge is 0.326 e. The van der Waals surface area contributed by atoms with Gasteiger partial charge in [-0.25, -0.2) is 13.2 Å². The van der Waals surface area contributed by atoms with Gasteiger partial charge < -0.3 is 16.2 Å². The first kappa shape index (κ1) is 16.9. The topological polar surface area (TPSA) is 127 Å². The van der Waals surface area contributed by atoms with E-state index in [1.807, 2.05) is 0 Å². The van der Waals surface area contributed by atoms with Crippen LogP contribution in [0.25, 0.3) is 0 Å². The number of carbonyl (C=O) groups is 2. The quantitative estimate of drug-likeness (QED) is 0.522. The van der Waals surface area contributed by atoms with E-state index in [-0.39, 0.29) is 18.7 Å². The van der Waals surface area contributed by atoms with Crippen molar-refractivity contribution < 1.29 is 23.1 Å². The Morgan fingerprint density at radius 2 is 1.94 bits per heavy atom. The molecule has 18 heavy (non-hydrogen) atoms. The average Bonchev–Trinajstić information content (AvgIpc) is 2.24. The minimum atomic E-state index is -3.26. The van der Waals surface area contributed by atoms with E-state index in [0.717, 1.165) is 6.26 Å². The van der Waals surface area contributed by atoms with E-state index < -0.39 is 33.7 Å². The number of hydrogen-bond donors (Lipinski definition) is 3. The van der Waals surface area contributed by atoms with Gasteiger partial charge >= 0.3 is 5.97 Å². The summed E-state index contributed by atoms with van der Waals surface area (Å²) in [5.41, 5.74) is 5.38. The fourth-order valence-corrected chi connectivity index (χ4v) is 2.00. The molecule has 0 aliphatic heterocycles. The van der Waals surface area contributed by atoms with Crippen LogP contribution in [0, 0.1) is 5.92 Å². The normalized spacial score (nSPS) is 14.8. The number of carboxylic acids is 1. The number of carbonyl (C=O) groups excluding carboxylic acids is 1. The Kier molecular flexibility index (Phi) is 6.85. The van der Waals surface area contributed by atoms with Crippen molar-refractivity contribution in [1.82, 2.24) is 5.32 Å². The molecule has 0 saturated heterocycles. The highest BCUT2D eigenvalue weighted by Gasteiger charge is 2.24. The zero-order valence-electron chi connectivity index (χ0n) is 10.5. The van der Waals surface area contributed by atoms with Crippen LogP contribution in [0.1, 0.15) is 19.8 Å². The van der Waals surface area contributed by atoms with Crippen LogP contribution >= 0.6 is 0 Å². The first-order valence-corrected chi connectivity index (χ1v) is 7.68. The molecule has 0 aromatic heterocycles. The van der Waals surface area contributed by atoms with Gasteiger partial charge in [0.2, 0.25) is 5.91 Å². The molecule has 2 unspecified atom stereocenters. The zero-order chi connectivity index (χ0) is 14.3. The lowest BCUT2D eigenvalue weighted by molar-refractivity contribution is -0.142. The Balaban J connectivity index is 4.54. The number of amides is 1. The number of hydrogen-bond acceptors (Lipinski definition) is 5. The zero-order valence-corrected chi connectivity index (χ0v) is 11.4. The molecule has 0 rings (SSSR count). The van der Waals surface area contributed by atoms with Crippen LogP contribution in [-0.2, 0) is 19.4 Å². The van der Waals surface area contributed by atoms with Gasteiger partial charge in [0.15, 0.2) is 0 Å². The van der Waals surface area contributed by atoms with Crippen LogP contribution in [-0.4, -0.2) is 50.0 Å². The largest absolute Gasteiger partial charge is 0.480 e. The monoisotopic (exact) mass is 280 g/mol. The molecule has 106 valence electrons. The Morgan fingerprint density at radius 3 is 2.28 bits per heavy atom. The lowest BCUT2D eigenvalue weighted by Crippen LogP contribution is -2.45. The van der Waals surface area contributed by atoms with E-state index in [2.05, 4.69) is 5.32 Å². The minimum absolute atomic E-state index is 0.126.